The van der Waals surface area contributed by atoms with Crippen molar-refractivity contribution in [1.29, 1.82) is 0 Å². The number of carbonyl (C=O) groups excluding carboxylic acids is 1. The summed E-state index contributed by atoms with van der Waals surface area (Å²) in [5, 5.41) is 1.78. The van der Waals surface area contributed by atoms with Gasteiger partial charge < -0.3 is 14.0 Å². The van der Waals surface area contributed by atoms with Crippen LogP contribution in [-0.2, 0) is 11.3 Å². The number of thiazole rings is 1. The monoisotopic (exact) mass is 307 g/mol. The van der Waals surface area contributed by atoms with E-state index in [9.17, 15) is 9.59 Å². The molecular formula is C15H17NO4S. The van der Waals surface area contributed by atoms with Gasteiger partial charge in [-0.05, 0) is 37.6 Å². The third-order valence-corrected chi connectivity index (χ3v) is 3.99. The van der Waals surface area contributed by atoms with Crippen molar-refractivity contribution in [2.45, 2.75) is 26.8 Å². The molecule has 0 amide bonds. The van der Waals surface area contributed by atoms with Gasteiger partial charge in [0, 0.05) is 17.6 Å². The lowest BCUT2D eigenvalue weighted by Crippen LogP contribution is -2.19. The van der Waals surface area contributed by atoms with Gasteiger partial charge in [-0.25, -0.2) is 0 Å². The topological polar surface area (TPSA) is 57.5 Å². The number of hydrogen-bond donors (Lipinski definition) is 0. The standard InChI is InChI=1S/C15H17NO4S/c1-10-8-12(4-5-13(10)19-3)20-14(17)6-7-16-11(2)9-21-15(16)18/h4-5,8-9H,6-7H2,1-3H3. The van der Waals surface area contributed by atoms with E-state index in [1.807, 2.05) is 13.8 Å². The Morgan fingerprint density at radius 3 is 2.67 bits per heavy atom. The maximum atomic E-state index is 11.8. The fourth-order valence-corrected chi connectivity index (χ4v) is 2.74. The molecule has 0 bridgehead atoms. The Balaban J connectivity index is 1.96. The van der Waals surface area contributed by atoms with Crippen molar-refractivity contribution < 1.29 is 14.3 Å². The molecule has 0 N–H and O–H groups in total. The Kier molecular flexibility index (Phi) is 4.80. The summed E-state index contributed by atoms with van der Waals surface area (Å²) in [6.45, 7) is 4.06. The van der Waals surface area contributed by atoms with E-state index in [0.29, 0.717) is 12.3 Å². The van der Waals surface area contributed by atoms with Crippen molar-refractivity contribution >= 4 is 17.3 Å². The first kappa shape index (κ1) is 15.3. The molecule has 0 saturated carbocycles. The van der Waals surface area contributed by atoms with Crippen LogP contribution in [0.2, 0.25) is 0 Å². The Hall–Kier alpha value is -2.08. The summed E-state index contributed by atoms with van der Waals surface area (Å²) in [7, 11) is 1.59. The number of aryl methyl sites for hydroxylation is 2. The van der Waals surface area contributed by atoms with E-state index >= 15 is 0 Å². The Morgan fingerprint density at radius 1 is 1.33 bits per heavy atom. The molecule has 1 aromatic carbocycles. The molecule has 6 heteroatoms. The van der Waals surface area contributed by atoms with Crippen LogP contribution in [0.5, 0.6) is 11.5 Å². The normalized spacial score (nSPS) is 10.4. The molecule has 21 heavy (non-hydrogen) atoms. The summed E-state index contributed by atoms with van der Waals surface area (Å²) in [4.78, 5) is 23.3. The number of hydrogen-bond acceptors (Lipinski definition) is 5. The molecule has 1 heterocycles. The van der Waals surface area contributed by atoms with Crippen molar-refractivity contribution in [3.63, 3.8) is 0 Å². The van der Waals surface area contributed by atoms with E-state index < -0.39 is 0 Å². The first-order valence-electron chi connectivity index (χ1n) is 6.51. The molecule has 0 aliphatic carbocycles. The molecule has 1 aromatic heterocycles. The van der Waals surface area contributed by atoms with Gasteiger partial charge in [0.2, 0.25) is 0 Å². The second-order valence-electron chi connectivity index (χ2n) is 4.65. The number of carbonyl (C=O) groups is 1. The minimum Gasteiger partial charge on any atom is -0.496 e. The summed E-state index contributed by atoms with van der Waals surface area (Å²) in [6, 6.07) is 5.19. The van der Waals surface area contributed by atoms with E-state index in [0.717, 1.165) is 28.3 Å². The molecule has 0 radical (unpaired) electrons. The molecule has 0 atom stereocenters. The number of rotatable bonds is 5. The number of methoxy groups -OCH3 is 1. The number of aromatic nitrogens is 1. The third-order valence-electron chi connectivity index (χ3n) is 3.11. The van der Waals surface area contributed by atoms with Crippen molar-refractivity contribution in [2.24, 2.45) is 0 Å². The zero-order valence-corrected chi connectivity index (χ0v) is 13.0. The predicted octanol–water partition coefficient (Wildman–Crippen LogP) is 2.53. The summed E-state index contributed by atoms with van der Waals surface area (Å²) >= 11 is 1.13. The molecule has 0 spiro atoms. The first-order chi connectivity index (χ1) is 10.0. The minimum atomic E-state index is -0.364. The average Bonchev–Trinajstić information content (AvgIpc) is 2.76. The van der Waals surface area contributed by atoms with Gasteiger partial charge in [-0.3, -0.25) is 9.59 Å². The highest BCUT2D eigenvalue weighted by Crippen LogP contribution is 2.23. The highest BCUT2D eigenvalue weighted by Gasteiger charge is 2.09. The second kappa shape index (κ2) is 6.58. The zero-order valence-electron chi connectivity index (χ0n) is 12.2. The summed E-state index contributed by atoms with van der Waals surface area (Å²) in [6.07, 6.45) is 0.155. The third kappa shape index (κ3) is 3.72. The van der Waals surface area contributed by atoms with Crippen LogP contribution < -0.4 is 14.3 Å². The maximum Gasteiger partial charge on any atom is 0.312 e. The lowest BCUT2D eigenvalue weighted by Gasteiger charge is -2.08. The number of ether oxygens (including phenoxy) is 2. The van der Waals surface area contributed by atoms with Gasteiger partial charge in [0.15, 0.2) is 0 Å². The molecule has 0 aliphatic heterocycles. The van der Waals surface area contributed by atoms with Gasteiger partial charge in [-0.1, -0.05) is 11.3 Å². The second-order valence-corrected chi connectivity index (χ2v) is 5.47. The van der Waals surface area contributed by atoms with E-state index in [1.165, 1.54) is 0 Å². The molecule has 0 aliphatic rings. The highest BCUT2D eigenvalue weighted by molar-refractivity contribution is 7.07. The van der Waals surface area contributed by atoms with Gasteiger partial charge in [0.05, 0.1) is 13.5 Å². The Labute approximate surface area is 126 Å². The van der Waals surface area contributed by atoms with E-state index in [-0.39, 0.29) is 17.3 Å². The fourth-order valence-electron chi connectivity index (χ4n) is 1.97. The fraction of sp³-hybridized carbons (Fsp3) is 0.333. The molecule has 0 unspecified atom stereocenters. The molecular weight excluding hydrogens is 290 g/mol. The van der Waals surface area contributed by atoms with Crippen LogP contribution in [0.1, 0.15) is 17.7 Å². The first-order valence-corrected chi connectivity index (χ1v) is 7.39. The van der Waals surface area contributed by atoms with Crippen molar-refractivity contribution in [2.75, 3.05) is 7.11 Å². The quantitative estimate of drug-likeness (QED) is 0.629. The van der Waals surface area contributed by atoms with Gasteiger partial charge >= 0.3 is 10.8 Å². The largest absolute Gasteiger partial charge is 0.496 e. The molecule has 2 rings (SSSR count). The van der Waals surface area contributed by atoms with Crippen LogP contribution in [0, 0.1) is 13.8 Å². The Morgan fingerprint density at radius 2 is 2.10 bits per heavy atom. The lowest BCUT2D eigenvalue weighted by atomic mass is 10.2. The van der Waals surface area contributed by atoms with Crippen LogP contribution in [0.3, 0.4) is 0 Å². The molecule has 112 valence electrons. The predicted molar refractivity (Wildman–Crippen MR) is 81.3 cm³/mol. The van der Waals surface area contributed by atoms with Crippen LogP contribution in [0.4, 0.5) is 0 Å². The van der Waals surface area contributed by atoms with Crippen LogP contribution in [0.25, 0.3) is 0 Å². The minimum absolute atomic E-state index is 0.0550. The van der Waals surface area contributed by atoms with E-state index in [2.05, 4.69) is 0 Å². The Bertz CT molecular complexity index is 702. The smallest absolute Gasteiger partial charge is 0.312 e. The van der Waals surface area contributed by atoms with E-state index in [1.54, 1.807) is 35.3 Å². The number of benzene rings is 1. The number of nitrogens with zero attached hydrogens (tertiary/aromatic N) is 1. The van der Waals surface area contributed by atoms with Crippen molar-refractivity contribution in [3.8, 4) is 11.5 Å². The van der Waals surface area contributed by atoms with Crippen molar-refractivity contribution in [3.05, 3.63) is 44.5 Å². The summed E-state index contributed by atoms with van der Waals surface area (Å²) in [5.41, 5.74) is 1.76. The van der Waals surface area contributed by atoms with Crippen molar-refractivity contribution in [1.82, 2.24) is 4.57 Å². The van der Waals surface area contributed by atoms with Crippen LogP contribution >= 0.6 is 11.3 Å². The maximum absolute atomic E-state index is 11.8. The highest BCUT2D eigenvalue weighted by atomic mass is 32.1. The SMILES string of the molecule is COc1ccc(OC(=O)CCn2c(C)csc2=O)cc1C. The number of esters is 1. The average molecular weight is 307 g/mol. The molecule has 0 fully saturated rings. The van der Waals surface area contributed by atoms with Gasteiger partial charge in [0.25, 0.3) is 0 Å². The molecule has 0 saturated heterocycles. The van der Waals surface area contributed by atoms with Gasteiger partial charge in [0.1, 0.15) is 11.5 Å². The zero-order chi connectivity index (χ0) is 15.4. The lowest BCUT2D eigenvalue weighted by molar-refractivity contribution is -0.134. The van der Waals surface area contributed by atoms with Crippen LogP contribution in [0.15, 0.2) is 28.4 Å². The van der Waals surface area contributed by atoms with Gasteiger partial charge in [-0.2, -0.15) is 0 Å². The molecule has 2 aromatic rings. The summed E-state index contributed by atoms with van der Waals surface area (Å²) in [5.74, 6) is 0.861. The van der Waals surface area contributed by atoms with E-state index in [4.69, 9.17) is 9.47 Å². The van der Waals surface area contributed by atoms with Crippen LogP contribution in [-0.4, -0.2) is 17.6 Å². The summed E-state index contributed by atoms with van der Waals surface area (Å²) < 4.78 is 12.0. The van der Waals surface area contributed by atoms with Gasteiger partial charge in [-0.15, -0.1) is 0 Å². The molecule has 5 nitrogen and oxygen atoms in total.